The highest BCUT2D eigenvalue weighted by atomic mass is 19.1. The summed E-state index contributed by atoms with van der Waals surface area (Å²) in [5.41, 5.74) is 5.94. The molecule has 0 bridgehead atoms. The fourth-order valence-electron chi connectivity index (χ4n) is 4.76. The van der Waals surface area contributed by atoms with E-state index in [0.717, 1.165) is 46.4 Å². The Bertz CT molecular complexity index is 1330. The number of aromatic amines is 1. The van der Waals surface area contributed by atoms with Gasteiger partial charge in [-0.15, -0.1) is 0 Å². The predicted octanol–water partition coefficient (Wildman–Crippen LogP) is 3.95. The van der Waals surface area contributed by atoms with Crippen LogP contribution in [0.2, 0.25) is 0 Å². The summed E-state index contributed by atoms with van der Waals surface area (Å²) in [6.07, 6.45) is 6.73. The van der Waals surface area contributed by atoms with E-state index in [0.29, 0.717) is 6.61 Å². The summed E-state index contributed by atoms with van der Waals surface area (Å²) in [7, 11) is 0. The Kier molecular flexibility index (Phi) is 4.30. The molecule has 1 aliphatic carbocycles. The van der Waals surface area contributed by atoms with Gasteiger partial charge in [-0.3, -0.25) is 4.57 Å². The number of rotatable bonds is 2. The van der Waals surface area contributed by atoms with Crippen molar-refractivity contribution in [2.45, 2.75) is 18.8 Å². The topological polar surface area (TPSA) is 59.1 Å². The van der Waals surface area contributed by atoms with Crippen molar-refractivity contribution in [3.8, 4) is 0 Å². The molecule has 6 rings (SSSR count). The van der Waals surface area contributed by atoms with Crippen molar-refractivity contribution in [3.05, 3.63) is 93.7 Å². The van der Waals surface area contributed by atoms with E-state index in [9.17, 15) is 9.18 Å². The summed E-state index contributed by atoms with van der Waals surface area (Å²) in [6, 6.07) is 14.4. The van der Waals surface area contributed by atoms with E-state index in [2.05, 4.69) is 28.5 Å². The van der Waals surface area contributed by atoms with Crippen molar-refractivity contribution in [1.82, 2.24) is 14.9 Å². The molecule has 3 aliphatic rings. The standard InChI is InChI=1S/C25H22FN3O2/c26-17-6-7-20-21(19-4-2-1-3-16(19)14-31-24(20)11-17)9-15-5-8-23-22(10-15)28-25(30)29(23)18-12-27-13-18/h1-11,18,20,24,27H,12-14H2,(H,28,30)/b21-9+. The second-order valence-electron chi connectivity index (χ2n) is 8.36. The van der Waals surface area contributed by atoms with E-state index in [1.807, 2.05) is 41.0 Å². The van der Waals surface area contributed by atoms with Gasteiger partial charge in [0.05, 0.1) is 29.8 Å². The third kappa shape index (κ3) is 3.10. The van der Waals surface area contributed by atoms with Gasteiger partial charge < -0.3 is 15.0 Å². The molecule has 2 aliphatic heterocycles. The van der Waals surface area contributed by atoms with Gasteiger partial charge in [-0.25, -0.2) is 9.18 Å². The summed E-state index contributed by atoms with van der Waals surface area (Å²) >= 11 is 0. The largest absolute Gasteiger partial charge is 0.368 e. The lowest BCUT2D eigenvalue weighted by Crippen LogP contribution is -2.46. The van der Waals surface area contributed by atoms with Gasteiger partial charge in [0.25, 0.3) is 0 Å². The van der Waals surface area contributed by atoms with Crippen LogP contribution in [0, 0.1) is 5.92 Å². The molecule has 3 aromatic rings. The number of fused-ring (bicyclic) bond motifs is 3. The van der Waals surface area contributed by atoms with E-state index in [1.54, 1.807) is 6.08 Å². The number of hydrogen-bond donors (Lipinski definition) is 2. The van der Waals surface area contributed by atoms with Crippen LogP contribution in [0.15, 0.2) is 71.3 Å². The fourth-order valence-corrected chi connectivity index (χ4v) is 4.76. The molecule has 1 fully saturated rings. The second kappa shape index (κ2) is 7.18. The highest BCUT2D eigenvalue weighted by Crippen LogP contribution is 2.39. The Balaban J connectivity index is 1.48. The van der Waals surface area contributed by atoms with Gasteiger partial charge in [0.1, 0.15) is 5.83 Å². The zero-order valence-electron chi connectivity index (χ0n) is 16.8. The maximum absolute atomic E-state index is 13.9. The van der Waals surface area contributed by atoms with Crippen molar-refractivity contribution < 1.29 is 9.13 Å². The predicted molar refractivity (Wildman–Crippen MR) is 119 cm³/mol. The van der Waals surface area contributed by atoms with Crippen LogP contribution < -0.4 is 11.0 Å². The van der Waals surface area contributed by atoms with Gasteiger partial charge in [0, 0.05) is 19.0 Å². The van der Waals surface area contributed by atoms with Crippen LogP contribution in [0.5, 0.6) is 0 Å². The third-order valence-electron chi connectivity index (χ3n) is 6.45. The Morgan fingerprint density at radius 2 is 2.03 bits per heavy atom. The van der Waals surface area contributed by atoms with E-state index in [1.165, 1.54) is 6.08 Å². The first-order valence-corrected chi connectivity index (χ1v) is 10.6. The maximum atomic E-state index is 13.9. The average Bonchev–Trinajstić information content (AvgIpc) is 2.96. The molecule has 1 saturated heterocycles. The number of nitrogens with zero attached hydrogens (tertiary/aromatic N) is 1. The SMILES string of the molecule is O=c1[nH]c2cc(/C=C3\c4ccccc4COC4C=C(F)C=CC34)ccc2n1C1CNC1. The molecule has 2 unspecified atom stereocenters. The molecule has 0 radical (unpaired) electrons. The molecule has 2 atom stereocenters. The lowest BCUT2D eigenvalue weighted by molar-refractivity contribution is 0.0600. The van der Waals surface area contributed by atoms with Crippen molar-refractivity contribution in [2.75, 3.05) is 13.1 Å². The monoisotopic (exact) mass is 415 g/mol. The van der Waals surface area contributed by atoms with Crippen molar-refractivity contribution in [2.24, 2.45) is 5.92 Å². The molecule has 0 amide bonds. The van der Waals surface area contributed by atoms with Crippen LogP contribution in [0.25, 0.3) is 22.7 Å². The number of ether oxygens (including phenoxy) is 1. The van der Waals surface area contributed by atoms with Crippen molar-refractivity contribution in [1.29, 1.82) is 0 Å². The zero-order chi connectivity index (χ0) is 20.9. The Morgan fingerprint density at radius 1 is 1.16 bits per heavy atom. The number of halogens is 1. The molecule has 6 heteroatoms. The summed E-state index contributed by atoms with van der Waals surface area (Å²) in [5.74, 6) is -0.346. The van der Waals surface area contributed by atoms with Gasteiger partial charge in [0.2, 0.25) is 0 Å². The fraction of sp³-hybridized carbons (Fsp3) is 0.240. The minimum atomic E-state index is -0.348. The van der Waals surface area contributed by atoms with Gasteiger partial charge >= 0.3 is 5.69 Å². The summed E-state index contributed by atoms with van der Waals surface area (Å²) in [6.45, 7) is 2.07. The molecule has 2 aromatic carbocycles. The number of allylic oxidation sites excluding steroid dienone is 2. The molecule has 0 spiro atoms. The highest BCUT2D eigenvalue weighted by molar-refractivity contribution is 5.88. The lowest BCUT2D eigenvalue weighted by atomic mass is 9.83. The quantitative estimate of drug-likeness (QED) is 0.666. The minimum absolute atomic E-state index is 0.0737. The van der Waals surface area contributed by atoms with Crippen molar-refractivity contribution in [3.63, 3.8) is 0 Å². The van der Waals surface area contributed by atoms with Crippen LogP contribution >= 0.6 is 0 Å². The van der Waals surface area contributed by atoms with Crippen LogP contribution in [0.3, 0.4) is 0 Å². The molecular weight excluding hydrogens is 393 g/mol. The van der Waals surface area contributed by atoms with E-state index >= 15 is 0 Å². The second-order valence-corrected chi connectivity index (χ2v) is 8.36. The lowest BCUT2D eigenvalue weighted by Gasteiger charge is -2.28. The number of H-pyrrole nitrogens is 1. The first-order chi connectivity index (χ1) is 15.2. The van der Waals surface area contributed by atoms with Crippen LogP contribution in [0.1, 0.15) is 22.7 Å². The van der Waals surface area contributed by atoms with Gasteiger partial charge in [-0.1, -0.05) is 42.5 Å². The number of imidazole rings is 1. The number of nitrogens with one attached hydrogen (secondary N) is 2. The van der Waals surface area contributed by atoms with Gasteiger partial charge in [0.15, 0.2) is 0 Å². The van der Waals surface area contributed by atoms with E-state index in [-0.39, 0.29) is 29.6 Å². The Morgan fingerprint density at radius 3 is 2.87 bits per heavy atom. The number of benzene rings is 2. The normalized spacial score (nSPS) is 24.4. The number of hydrogen-bond acceptors (Lipinski definition) is 3. The first-order valence-electron chi connectivity index (χ1n) is 10.6. The summed E-state index contributed by atoms with van der Waals surface area (Å²) in [4.78, 5) is 15.5. The Hall–Kier alpha value is -3.22. The van der Waals surface area contributed by atoms with Crippen LogP contribution in [-0.4, -0.2) is 28.7 Å². The molecule has 5 nitrogen and oxygen atoms in total. The maximum Gasteiger partial charge on any atom is 0.326 e. The zero-order valence-corrected chi connectivity index (χ0v) is 16.8. The first kappa shape index (κ1) is 18.5. The minimum Gasteiger partial charge on any atom is -0.368 e. The molecule has 0 saturated carbocycles. The molecular formula is C25H22FN3O2. The van der Waals surface area contributed by atoms with E-state index < -0.39 is 0 Å². The van der Waals surface area contributed by atoms with Gasteiger partial charge in [-0.2, -0.15) is 0 Å². The summed E-state index contributed by atoms with van der Waals surface area (Å²) < 4.78 is 21.8. The number of aromatic nitrogens is 2. The Labute approximate surface area is 178 Å². The van der Waals surface area contributed by atoms with Crippen LogP contribution in [-0.2, 0) is 11.3 Å². The highest BCUT2D eigenvalue weighted by Gasteiger charge is 2.30. The third-order valence-corrected chi connectivity index (χ3v) is 6.45. The van der Waals surface area contributed by atoms with E-state index in [4.69, 9.17) is 4.74 Å². The summed E-state index contributed by atoms with van der Waals surface area (Å²) in [5, 5.41) is 3.22. The smallest absolute Gasteiger partial charge is 0.326 e. The molecule has 156 valence electrons. The molecule has 1 aromatic heterocycles. The van der Waals surface area contributed by atoms with Gasteiger partial charge in [-0.05, 0) is 46.5 Å². The average molecular weight is 415 g/mol. The van der Waals surface area contributed by atoms with Crippen molar-refractivity contribution >= 4 is 22.7 Å². The molecule has 31 heavy (non-hydrogen) atoms. The molecule has 3 heterocycles. The molecule has 2 N–H and O–H groups in total. The van der Waals surface area contributed by atoms with Crippen LogP contribution in [0.4, 0.5) is 4.39 Å².